The van der Waals surface area contributed by atoms with Gasteiger partial charge in [0, 0.05) is 24.5 Å². The molecule has 1 aromatic carbocycles. The van der Waals surface area contributed by atoms with E-state index in [4.69, 9.17) is 11.6 Å². The summed E-state index contributed by atoms with van der Waals surface area (Å²) in [5.41, 5.74) is -0.595. The maximum atomic E-state index is 14.7. The molecular weight excluding hydrogens is 426 g/mol. The normalized spacial score (nSPS) is 17.1. The number of aromatic nitrogens is 1. The van der Waals surface area contributed by atoms with Crippen molar-refractivity contribution in [2.45, 2.75) is 36.6 Å². The predicted octanol–water partition coefficient (Wildman–Crippen LogP) is 4.44. The number of hydrogen-bond acceptors (Lipinski definition) is 4. The van der Waals surface area contributed by atoms with Gasteiger partial charge >= 0.3 is 5.97 Å². The van der Waals surface area contributed by atoms with Crippen LogP contribution in [0, 0.1) is 5.82 Å². The van der Waals surface area contributed by atoms with Crippen LogP contribution in [0.4, 0.5) is 4.39 Å². The number of benzene rings is 1. The summed E-state index contributed by atoms with van der Waals surface area (Å²) in [6.07, 6.45) is 5.54. The highest BCUT2D eigenvalue weighted by Crippen LogP contribution is 2.42. The highest BCUT2D eigenvalue weighted by Gasteiger charge is 2.29. The number of halogens is 3. The van der Waals surface area contributed by atoms with Gasteiger partial charge in [-0.15, -0.1) is 24.2 Å². The largest absolute Gasteiger partial charge is 0.477 e. The number of carboxylic acid groups (broad SMARTS) is 1. The monoisotopic (exact) mass is 446 g/mol. The van der Waals surface area contributed by atoms with Gasteiger partial charge in [-0.25, -0.2) is 9.18 Å². The molecule has 0 radical (unpaired) electrons. The van der Waals surface area contributed by atoms with Crippen LogP contribution in [-0.2, 0) is 0 Å². The van der Waals surface area contributed by atoms with Crippen molar-refractivity contribution < 1.29 is 14.3 Å². The molecule has 0 amide bonds. The highest BCUT2D eigenvalue weighted by molar-refractivity contribution is 7.99. The number of likely N-dealkylation sites (tertiary alicyclic amines) is 1. The molecule has 2 heterocycles. The minimum atomic E-state index is -1.31. The van der Waals surface area contributed by atoms with Gasteiger partial charge in [0.25, 0.3) is 0 Å². The Balaban J connectivity index is 0.00000225. The van der Waals surface area contributed by atoms with E-state index in [1.807, 2.05) is 0 Å². The van der Waals surface area contributed by atoms with Gasteiger partial charge in [-0.1, -0.05) is 11.6 Å². The molecule has 1 saturated heterocycles. The van der Waals surface area contributed by atoms with Gasteiger partial charge in [-0.3, -0.25) is 4.79 Å². The Kier molecular flexibility index (Phi) is 6.59. The average molecular weight is 447 g/mol. The summed E-state index contributed by atoms with van der Waals surface area (Å²) in [5, 5.41) is 9.56. The summed E-state index contributed by atoms with van der Waals surface area (Å²) in [6.45, 7) is 3.02. The van der Waals surface area contributed by atoms with E-state index in [-0.39, 0.29) is 34.4 Å². The first kappa shape index (κ1) is 21.4. The Bertz CT molecular complexity index is 972. The number of hydrogen-bond donors (Lipinski definition) is 1. The zero-order valence-electron chi connectivity index (χ0n) is 15.1. The third kappa shape index (κ3) is 4.03. The van der Waals surface area contributed by atoms with Crippen LogP contribution in [0.2, 0.25) is 5.02 Å². The third-order valence-corrected chi connectivity index (χ3v) is 6.74. The van der Waals surface area contributed by atoms with Crippen molar-refractivity contribution in [2.24, 2.45) is 0 Å². The number of fused-ring (bicyclic) bond motifs is 1. The lowest BCUT2D eigenvalue weighted by atomic mass is 10.1. The van der Waals surface area contributed by atoms with Gasteiger partial charge in [-0.05, 0) is 44.8 Å². The molecule has 9 heteroatoms. The molecule has 1 aliphatic heterocycles. The molecule has 28 heavy (non-hydrogen) atoms. The standard InChI is InChI=1S/C19H20ClFN2O3S.ClH/c20-15-16-12(17(24)13(19(25)26)10-23(16)11-3-4-11)9-14(21)18(15)27-8-7-22-5-1-2-6-22;/h9-11H,1-8H2,(H,25,26);1H. The van der Waals surface area contributed by atoms with Crippen LogP contribution in [0.25, 0.3) is 10.9 Å². The van der Waals surface area contributed by atoms with Crippen molar-refractivity contribution in [3.63, 3.8) is 0 Å². The van der Waals surface area contributed by atoms with Crippen LogP contribution in [0.5, 0.6) is 0 Å². The fourth-order valence-electron chi connectivity index (χ4n) is 3.63. The fourth-order valence-corrected chi connectivity index (χ4v) is 5.06. The topological polar surface area (TPSA) is 62.5 Å². The van der Waals surface area contributed by atoms with Crippen molar-refractivity contribution >= 4 is 52.6 Å². The maximum absolute atomic E-state index is 14.7. The molecule has 5 nitrogen and oxygen atoms in total. The second kappa shape index (κ2) is 8.61. The minimum absolute atomic E-state index is 0. The number of thioether (sulfide) groups is 1. The molecule has 1 aromatic heterocycles. The molecular formula is C19H21Cl2FN2O3S. The van der Waals surface area contributed by atoms with E-state index in [1.165, 1.54) is 30.8 Å². The number of carboxylic acids is 1. The minimum Gasteiger partial charge on any atom is -0.477 e. The maximum Gasteiger partial charge on any atom is 0.341 e. The molecule has 1 aliphatic carbocycles. The second-order valence-corrected chi connectivity index (χ2v) is 8.59. The smallest absolute Gasteiger partial charge is 0.341 e. The molecule has 2 aliphatic rings. The first-order chi connectivity index (χ1) is 13.0. The number of carbonyl (C=O) groups is 1. The van der Waals surface area contributed by atoms with Crippen molar-refractivity contribution in [3.8, 4) is 0 Å². The third-order valence-electron chi connectivity index (χ3n) is 5.19. The van der Waals surface area contributed by atoms with Gasteiger partial charge in [0.2, 0.25) is 5.43 Å². The van der Waals surface area contributed by atoms with Crippen molar-refractivity contribution in [1.82, 2.24) is 9.47 Å². The lowest BCUT2D eigenvalue weighted by Gasteiger charge is -2.17. The summed E-state index contributed by atoms with van der Waals surface area (Å²) in [7, 11) is 0. The Labute approximate surface area is 177 Å². The zero-order chi connectivity index (χ0) is 19.1. The van der Waals surface area contributed by atoms with Gasteiger partial charge in [0.1, 0.15) is 11.4 Å². The van der Waals surface area contributed by atoms with E-state index in [9.17, 15) is 19.1 Å². The van der Waals surface area contributed by atoms with Gasteiger partial charge in [-0.2, -0.15) is 0 Å². The molecule has 0 spiro atoms. The first-order valence-corrected chi connectivity index (χ1v) is 10.5. The lowest BCUT2D eigenvalue weighted by Crippen LogP contribution is -2.22. The summed E-state index contributed by atoms with van der Waals surface area (Å²) in [6, 6.07) is 1.25. The lowest BCUT2D eigenvalue weighted by molar-refractivity contribution is 0.0695. The van der Waals surface area contributed by atoms with E-state index in [2.05, 4.69) is 4.90 Å². The van der Waals surface area contributed by atoms with Crippen LogP contribution >= 0.6 is 35.8 Å². The van der Waals surface area contributed by atoms with Crippen LogP contribution < -0.4 is 5.43 Å². The van der Waals surface area contributed by atoms with Crippen LogP contribution in [-0.4, -0.2) is 45.9 Å². The van der Waals surface area contributed by atoms with Crippen molar-refractivity contribution in [3.05, 3.63) is 38.9 Å². The van der Waals surface area contributed by atoms with Crippen LogP contribution in [0.3, 0.4) is 0 Å². The van der Waals surface area contributed by atoms with Crippen molar-refractivity contribution in [1.29, 1.82) is 0 Å². The van der Waals surface area contributed by atoms with E-state index >= 15 is 0 Å². The first-order valence-electron chi connectivity index (χ1n) is 9.12. The number of aromatic carboxylic acids is 1. The van der Waals surface area contributed by atoms with Crippen LogP contribution in [0.15, 0.2) is 22.0 Å². The number of nitrogens with zero attached hydrogens (tertiary/aromatic N) is 2. The van der Waals surface area contributed by atoms with E-state index in [1.54, 1.807) is 4.57 Å². The second-order valence-electron chi connectivity index (χ2n) is 7.11. The van der Waals surface area contributed by atoms with E-state index < -0.39 is 17.2 Å². The highest BCUT2D eigenvalue weighted by atomic mass is 35.5. The zero-order valence-corrected chi connectivity index (χ0v) is 17.5. The molecule has 2 fully saturated rings. The van der Waals surface area contributed by atoms with E-state index in [0.29, 0.717) is 16.2 Å². The van der Waals surface area contributed by atoms with Crippen LogP contribution in [0.1, 0.15) is 42.1 Å². The number of rotatable bonds is 6. The quantitative estimate of drug-likeness (QED) is 0.664. The molecule has 1 saturated carbocycles. The number of pyridine rings is 1. The summed E-state index contributed by atoms with van der Waals surface area (Å²) < 4.78 is 16.5. The Hall–Kier alpha value is -1.28. The summed E-state index contributed by atoms with van der Waals surface area (Å²) in [5.74, 6) is -1.17. The summed E-state index contributed by atoms with van der Waals surface area (Å²) >= 11 is 7.89. The summed E-state index contributed by atoms with van der Waals surface area (Å²) in [4.78, 5) is 26.6. The van der Waals surface area contributed by atoms with Gasteiger partial charge in [0.05, 0.1) is 20.8 Å². The molecule has 1 N–H and O–H groups in total. The average Bonchev–Trinajstić information content (AvgIpc) is 3.34. The molecule has 4 rings (SSSR count). The predicted molar refractivity (Wildman–Crippen MR) is 112 cm³/mol. The molecule has 0 unspecified atom stereocenters. The molecule has 2 aromatic rings. The molecule has 0 atom stereocenters. The van der Waals surface area contributed by atoms with E-state index in [0.717, 1.165) is 38.5 Å². The van der Waals surface area contributed by atoms with Crippen molar-refractivity contribution in [2.75, 3.05) is 25.4 Å². The Morgan fingerprint density at radius 1 is 1.32 bits per heavy atom. The fraction of sp³-hybridized carbons (Fsp3) is 0.474. The van der Waals surface area contributed by atoms with Gasteiger partial charge < -0.3 is 14.6 Å². The molecule has 0 bridgehead atoms. The SMILES string of the molecule is Cl.O=C(O)c1cn(C2CC2)c2c(Cl)c(SCCN3CCCC3)c(F)cc2c1=O. The van der Waals surface area contributed by atoms with Gasteiger partial charge in [0.15, 0.2) is 0 Å². The Morgan fingerprint density at radius 3 is 2.61 bits per heavy atom. The molecule has 152 valence electrons. The Morgan fingerprint density at radius 2 is 2.00 bits per heavy atom.